The van der Waals surface area contributed by atoms with Crippen molar-refractivity contribution in [2.24, 2.45) is 5.92 Å². The lowest BCUT2D eigenvalue weighted by atomic mass is 9.95. The van der Waals surface area contributed by atoms with Crippen LogP contribution in [-0.4, -0.2) is 42.2 Å². The van der Waals surface area contributed by atoms with E-state index in [9.17, 15) is 4.79 Å². The van der Waals surface area contributed by atoms with E-state index in [4.69, 9.17) is 9.47 Å². The van der Waals surface area contributed by atoms with Crippen molar-refractivity contribution in [2.75, 3.05) is 36.5 Å². The van der Waals surface area contributed by atoms with Crippen LogP contribution in [0.2, 0.25) is 0 Å². The van der Waals surface area contributed by atoms with Crippen LogP contribution >= 0.6 is 0 Å². The highest BCUT2D eigenvalue weighted by Gasteiger charge is 2.26. The number of carbonyl (C=O) groups excluding carboxylic acids is 1. The minimum atomic E-state index is -0.0279. The van der Waals surface area contributed by atoms with Crippen molar-refractivity contribution in [3.8, 4) is 22.8 Å². The third kappa shape index (κ3) is 4.30. The van der Waals surface area contributed by atoms with Crippen molar-refractivity contribution >= 4 is 17.4 Å². The Morgan fingerprint density at radius 2 is 1.71 bits per heavy atom. The van der Waals surface area contributed by atoms with Crippen molar-refractivity contribution in [1.82, 2.24) is 9.97 Å². The van der Waals surface area contributed by atoms with Gasteiger partial charge in [-0.25, -0.2) is 9.97 Å². The topological polar surface area (TPSA) is 76.6 Å². The van der Waals surface area contributed by atoms with Crippen LogP contribution in [0, 0.1) is 5.92 Å². The Balaban J connectivity index is 1.20. The molecule has 0 spiro atoms. The molecular formula is C24H24N4O3. The molecule has 3 heterocycles. The lowest BCUT2D eigenvalue weighted by Gasteiger charge is -2.32. The zero-order valence-corrected chi connectivity index (χ0v) is 17.2. The van der Waals surface area contributed by atoms with Gasteiger partial charge in [0.2, 0.25) is 5.91 Å². The molecule has 0 unspecified atom stereocenters. The molecule has 1 aromatic heterocycles. The molecule has 1 N–H and O–H groups in total. The summed E-state index contributed by atoms with van der Waals surface area (Å²) >= 11 is 0. The zero-order valence-electron chi connectivity index (χ0n) is 17.2. The Kier molecular flexibility index (Phi) is 5.39. The van der Waals surface area contributed by atoms with Gasteiger partial charge in [-0.05, 0) is 25.0 Å². The second kappa shape index (κ2) is 8.63. The molecule has 0 saturated carbocycles. The molecule has 158 valence electrons. The van der Waals surface area contributed by atoms with Gasteiger partial charge in [-0.15, -0.1) is 0 Å². The van der Waals surface area contributed by atoms with Crippen molar-refractivity contribution in [2.45, 2.75) is 12.8 Å². The van der Waals surface area contributed by atoms with Gasteiger partial charge < -0.3 is 19.7 Å². The van der Waals surface area contributed by atoms with Crippen LogP contribution in [0.5, 0.6) is 11.5 Å². The molecule has 5 rings (SSSR count). The van der Waals surface area contributed by atoms with Gasteiger partial charge in [-0.3, -0.25) is 4.79 Å². The van der Waals surface area contributed by atoms with Gasteiger partial charge in [-0.2, -0.15) is 0 Å². The van der Waals surface area contributed by atoms with Gasteiger partial charge in [0.15, 0.2) is 11.5 Å². The fourth-order valence-corrected chi connectivity index (χ4v) is 4.02. The molecule has 1 amide bonds. The summed E-state index contributed by atoms with van der Waals surface area (Å²) in [5, 5.41) is 3.03. The highest BCUT2D eigenvalue weighted by Crippen LogP contribution is 2.33. The number of rotatable bonds is 4. The predicted molar refractivity (Wildman–Crippen MR) is 118 cm³/mol. The van der Waals surface area contributed by atoms with E-state index in [0.717, 1.165) is 54.4 Å². The maximum Gasteiger partial charge on any atom is 0.227 e. The number of nitrogens with zero attached hydrogens (tertiary/aromatic N) is 3. The molecule has 2 aromatic carbocycles. The van der Waals surface area contributed by atoms with Crippen LogP contribution in [0.15, 0.2) is 60.9 Å². The second-order valence-corrected chi connectivity index (χ2v) is 7.74. The van der Waals surface area contributed by atoms with Gasteiger partial charge in [0.1, 0.15) is 25.4 Å². The number of aromatic nitrogens is 2. The molecular weight excluding hydrogens is 392 g/mol. The largest absolute Gasteiger partial charge is 0.486 e. The standard InChI is InChI=1S/C24H24N4O3/c29-24(27-19-6-7-21-22(14-19)31-13-12-30-21)18-8-10-28(11-9-18)23-15-20(25-16-26-23)17-4-2-1-3-5-17/h1-7,14-16,18H,8-13H2,(H,27,29). The number of amides is 1. The first-order chi connectivity index (χ1) is 15.3. The van der Waals surface area contributed by atoms with E-state index in [1.165, 1.54) is 0 Å². The summed E-state index contributed by atoms with van der Waals surface area (Å²) in [5.74, 6) is 2.32. The average Bonchev–Trinajstić information content (AvgIpc) is 2.85. The third-order valence-corrected chi connectivity index (χ3v) is 5.72. The lowest BCUT2D eigenvalue weighted by Crippen LogP contribution is -2.38. The summed E-state index contributed by atoms with van der Waals surface area (Å²) in [4.78, 5) is 23.9. The van der Waals surface area contributed by atoms with E-state index >= 15 is 0 Å². The number of hydrogen-bond donors (Lipinski definition) is 1. The Bertz CT molecular complexity index is 1070. The molecule has 0 bridgehead atoms. The van der Waals surface area contributed by atoms with Gasteiger partial charge in [0.05, 0.1) is 5.69 Å². The van der Waals surface area contributed by atoms with E-state index in [-0.39, 0.29) is 11.8 Å². The van der Waals surface area contributed by atoms with Crippen molar-refractivity contribution < 1.29 is 14.3 Å². The molecule has 0 aliphatic carbocycles. The minimum Gasteiger partial charge on any atom is -0.486 e. The summed E-state index contributed by atoms with van der Waals surface area (Å²) in [7, 11) is 0. The smallest absolute Gasteiger partial charge is 0.227 e. The molecule has 1 fully saturated rings. The normalized spacial score (nSPS) is 16.1. The number of fused-ring (bicyclic) bond motifs is 1. The first kappa shape index (κ1) is 19.4. The van der Waals surface area contributed by atoms with Crippen LogP contribution in [0.1, 0.15) is 12.8 Å². The molecule has 3 aromatic rings. The molecule has 2 aliphatic rings. The second-order valence-electron chi connectivity index (χ2n) is 7.74. The first-order valence-corrected chi connectivity index (χ1v) is 10.6. The van der Waals surface area contributed by atoms with E-state index < -0.39 is 0 Å². The van der Waals surface area contributed by atoms with Crippen molar-refractivity contribution in [3.05, 3.63) is 60.9 Å². The van der Waals surface area contributed by atoms with Gasteiger partial charge in [0.25, 0.3) is 0 Å². The number of anilines is 2. The van der Waals surface area contributed by atoms with Crippen LogP contribution in [0.25, 0.3) is 11.3 Å². The lowest BCUT2D eigenvalue weighted by molar-refractivity contribution is -0.120. The number of ether oxygens (including phenoxy) is 2. The molecule has 31 heavy (non-hydrogen) atoms. The number of carbonyl (C=O) groups is 1. The van der Waals surface area contributed by atoms with Gasteiger partial charge in [0, 0.05) is 42.4 Å². The summed E-state index contributed by atoms with van der Waals surface area (Å²) in [5.41, 5.74) is 2.71. The zero-order chi connectivity index (χ0) is 21.0. The van der Waals surface area contributed by atoms with Gasteiger partial charge >= 0.3 is 0 Å². The summed E-state index contributed by atoms with van der Waals surface area (Å²) < 4.78 is 11.1. The first-order valence-electron chi connectivity index (χ1n) is 10.6. The fourth-order valence-electron chi connectivity index (χ4n) is 4.02. The quantitative estimate of drug-likeness (QED) is 0.698. The summed E-state index contributed by atoms with van der Waals surface area (Å²) in [6.07, 6.45) is 3.17. The highest BCUT2D eigenvalue weighted by atomic mass is 16.6. The van der Waals surface area contributed by atoms with Crippen LogP contribution in [0.3, 0.4) is 0 Å². The summed E-state index contributed by atoms with van der Waals surface area (Å²) in [6, 6.07) is 17.6. The number of benzene rings is 2. The highest BCUT2D eigenvalue weighted by molar-refractivity contribution is 5.93. The summed E-state index contributed by atoms with van der Waals surface area (Å²) in [6.45, 7) is 2.64. The van der Waals surface area contributed by atoms with Gasteiger partial charge in [-0.1, -0.05) is 30.3 Å². The fraction of sp³-hybridized carbons (Fsp3) is 0.292. The Hall–Kier alpha value is -3.61. The monoisotopic (exact) mass is 416 g/mol. The molecule has 0 atom stereocenters. The molecule has 7 nitrogen and oxygen atoms in total. The average molecular weight is 416 g/mol. The molecule has 1 saturated heterocycles. The SMILES string of the molecule is O=C(Nc1ccc2c(c1)OCCO2)C1CCN(c2cc(-c3ccccc3)ncn2)CC1. The Morgan fingerprint density at radius 3 is 2.52 bits per heavy atom. The molecule has 7 heteroatoms. The van der Waals surface area contributed by atoms with Crippen molar-refractivity contribution in [3.63, 3.8) is 0 Å². The minimum absolute atomic E-state index is 0.0279. The van der Waals surface area contributed by atoms with Crippen molar-refractivity contribution in [1.29, 1.82) is 0 Å². The van der Waals surface area contributed by atoms with Crippen LogP contribution < -0.4 is 19.7 Å². The van der Waals surface area contributed by atoms with E-state index in [0.29, 0.717) is 19.0 Å². The van der Waals surface area contributed by atoms with E-state index in [1.807, 2.05) is 54.6 Å². The van der Waals surface area contributed by atoms with Crippen LogP contribution in [0.4, 0.5) is 11.5 Å². The Morgan fingerprint density at radius 1 is 0.935 bits per heavy atom. The predicted octanol–water partition coefficient (Wildman–Crippen LogP) is 3.77. The molecule has 0 radical (unpaired) electrons. The van der Waals surface area contributed by atoms with E-state index in [1.54, 1.807) is 6.33 Å². The Labute approximate surface area is 181 Å². The number of nitrogens with one attached hydrogen (secondary N) is 1. The third-order valence-electron chi connectivity index (χ3n) is 5.72. The maximum absolute atomic E-state index is 12.8. The molecule has 2 aliphatic heterocycles. The number of hydrogen-bond acceptors (Lipinski definition) is 6. The van der Waals surface area contributed by atoms with E-state index in [2.05, 4.69) is 20.2 Å². The maximum atomic E-state index is 12.8. The van der Waals surface area contributed by atoms with Crippen LogP contribution in [-0.2, 0) is 4.79 Å². The number of piperidine rings is 1.